The molecule has 12 N–H and O–H groups in total. The first-order valence-electron chi connectivity index (χ1n) is 10.3. The van der Waals surface area contributed by atoms with Gasteiger partial charge in [0.1, 0.15) is 18.1 Å². The van der Waals surface area contributed by atoms with Crippen molar-refractivity contribution in [3.05, 3.63) is 0 Å². The third kappa shape index (κ3) is 12.3. The van der Waals surface area contributed by atoms with Gasteiger partial charge < -0.3 is 44.0 Å². The summed E-state index contributed by atoms with van der Waals surface area (Å²) in [5.74, 6) is -3.34. The van der Waals surface area contributed by atoms with Crippen LogP contribution in [0.3, 0.4) is 0 Å². The number of unbranched alkanes of at least 4 members (excludes halogenated alkanes) is 1. The molecule has 14 heteroatoms. The minimum atomic E-state index is -1.26. The third-order valence-electron chi connectivity index (χ3n) is 4.37. The number of nitrogens with one attached hydrogen (secondary N) is 3. The van der Waals surface area contributed by atoms with Gasteiger partial charge in [0.05, 0.1) is 6.04 Å². The Morgan fingerprint density at radius 2 is 1.41 bits per heavy atom. The van der Waals surface area contributed by atoms with Crippen LogP contribution in [0.25, 0.3) is 0 Å². The Kier molecular flexibility index (Phi) is 14.8. The zero-order valence-electron chi connectivity index (χ0n) is 18.3. The van der Waals surface area contributed by atoms with Crippen LogP contribution in [-0.2, 0) is 19.2 Å². The summed E-state index contributed by atoms with van der Waals surface area (Å²) >= 11 is 3.92. The van der Waals surface area contributed by atoms with Gasteiger partial charge in [0.2, 0.25) is 17.7 Å². The molecule has 0 fully saturated rings. The highest BCUT2D eigenvalue weighted by Gasteiger charge is 2.29. The number of aliphatic carboxylic acids is 1. The summed E-state index contributed by atoms with van der Waals surface area (Å²) in [5, 5.41) is 16.6. The minimum Gasteiger partial charge on any atom is -0.480 e. The van der Waals surface area contributed by atoms with Gasteiger partial charge in [-0.3, -0.25) is 19.4 Å². The number of carbonyl (C=O) groups is 4. The molecule has 0 radical (unpaired) electrons. The molecule has 13 nitrogen and oxygen atoms in total. The lowest BCUT2D eigenvalue weighted by atomic mass is 10.1. The predicted molar refractivity (Wildman–Crippen MR) is 124 cm³/mol. The number of carbonyl (C=O) groups excluding carboxylic acids is 3. The Hall–Kier alpha value is -2.58. The van der Waals surface area contributed by atoms with E-state index in [0.717, 1.165) is 0 Å². The van der Waals surface area contributed by atoms with Gasteiger partial charge >= 0.3 is 5.97 Å². The molecule has 0 aliphatic carbocycles. The number of hydrogen-bond acceptors (Lipinski definition) is 8. The monoisotopic (exact) mass is 476 g/mol. The fraction of sp³-hybridized carbons (Fsp3) is 0.722. The van der Waals surface area contributed by atoms with Crippen molar-refractivity contribution < 1.29 is 24.3 Å². The van der Waals surface area contributed by atoms with Gasteiger partial charge in [0, 0.05) is 12.3 Å². The molecular weight excluding hydrogens is 440 g/mol. The predicted octanol–water partition coefficient (Wildman–Crippen LogP) is -3.01. The van der Waals surface area contributed by atoms with Crippen LogP contribution in [0.4, 0.5) is 0 Å². The number of thiol groups is 1. The third-order valence-corrected chi connectivity index (χ3v) is 4.73. The fourth-order valence-electron chi connectivity index (χ4n) is 2.57. The number of amides is 3. The number of rotatable bonds is 16. The van der Waals surface area contributed by atoms with E-state index in [1.807, 2.05) is 0 Å². The van der Waals surface area contributed by atoms with Crippen molar-refractivity contribution in [1.82, 2.24) is 16.0 Å². The maximum atomic E-state index is 12.9. The van der Waals surface area contributed by atoms with Crippen molar-refractivity contribution in [2.75, 3.05) is 18.8 Å². The molecule has 0 heterocycles. The Morgan fingerprint density at radius 1 is 0.906 bits per heavy atom. The molecule has 4 unspecified atom stereocenters. The minimum absolute atomic E-state index is 0.116. The van der Waals surface area contributed by atoms with E-state index in [9.17, 15) is 19.2 Å². The number of aliphatic imine (C=N–C) groups is 1. The number of nitrogens with two attached hydrogens (primary N) is 4. The van der Waals surface area contributed by atoms with Gasteiger partial charge in [-0.1, -0.05) is 0 Å². The summed E-state index contributed by atoms with van der Waals surface area (Å²) in [6, 6.07) is -4.08. The lowest BCUT2D eigenvalue weighted by molar-refractivity contribution is -0.141. The van der Waals surface area contributed by atoms with E-state index in [1.54, 1.807) is 0 Å². The molecular formula is C18H36N8O5S. The second-order valence-corrected chi connectivity index (χ2v) is 7.59. The van der Waals surface area contributed by atoms with Crippen molar-refractivity contribution in [2.24, 2.45) is 27.9 Å². The standard InChI is InChI=1S/C18H36N8O5S/c1-10(20)14(27)24-11(5-2-3-7-19)15(28)25-12(6-4-8-23-18(21)22)16(29)26-13(9-32)17(30)31/h10-13,32H,2-9,19-20H2,1H3,(H,24,27)(H,25,28)(H,26,29)(H,30,31)(H4,21,22,23). The summed E-state index contributed by atoms with van der Waals surface area (Å²) in [7, 11) is 0. The molecule has 184 valence electrons. The summed E-state index contributed by atoms with van der Waals surface area (Å²) in [6.07, 6.45) is 1.96. The van der Waals surface area contributed by atoms with Crippen LogP contribution in [0.15, 0.2) is 4.99 Å². The average molecular weight is 477 g/mol. The lowest BCUT2D eigenvalue weighted by Crippen LogP contribution is -2.57. The summed E-state index contributed by atoms with van der Waals surface area (Å²) in [4.78, 5) is 52.6. The highest BCUT2D eigenvalue weighted by molar-refractivity contribution is 7.80. The zero-order chi connectivity index (χ0) is 24.7. The van der Waals surface area contributed by atoms with E-state index < -0.39 is 47.9 Å². The first kappa shape index (κ1) is 29.4. The van der Waals surface area contributed by atoms with Gasteiger partial charge in [0.25, 0.3) is 0 Å². The lowest BCUT2D eigenvalue weighted by Gasteiger charge is -2.24. The molecule has 0 aromatic heterocycles. The van der Waals surface area contributed by atoms with Crippen molar-refractivity contribution in [3.8, 4) is 0 Å². The highest BCUT2D eigenvalue weighted by atomic mass is 32.1. The normalized spacial score (nSPS) is 14.4. The van der Waals surface area contributed by atoms with Crippen LogP contribution in [0.1, 0.15) is 39.0 Å². The molecule has 0 aliphatic rings. The molecule has 0 aromatic carbocycles. The van der Waals surface area contributed by atoms with E-state index in [0.29, 0.717) is 25.8 Å². The topological polar surface area (TPSA) is 241 Å². The van der Waals surface area contributed by atoms with Crippen LogP contribution < -0.4 is 38.9 Å². The van der Waals surface area contributed by atoms with Gasteiger partial charge in [-0.15, -0.1) is 0 Å². The van der Waals surface area contributed by atoms with Gasteiger partial charge in [-0.25, -0.2) is 4.79 Å². The SMILES string of the molecule is CC(N)C(=O)NC(CCCCN)C(=O)NC(CCCN=C(N)N)C(=O)NC(CS)C(=O)O. The van der Waals surface area contributed by atoms with Crippen LogP contribution in [0, 0.1) is 0 Å². The summed E-state index contributed by atoms with van der Waals surface area (Å²) in [6.45, 7) is 2.11. The molecule has 4 atom stereocenters. The Labute approximate surface area is 192 Å². The average Bonchev–Trinajstić information content (AvgIpc) is 2.72. The number of carboxylic acid groups (broad SMARTS) is 1. The van der Waals surface area contributed by atoms with Crippen molar-refractivity contribution in [1.29, 1.82) is 0 Å². The number of guanidine groups is 1. The van der Waals surface area contributed by atoms with Gasteiger partial charge in [0.15, 0.2) is 5.96 Å². The first-order valence-corrected chi connectivity index (χ1v) is 10.9. The second-order valence-electron chi connectivity index (χ2n) is 7.23. The largest absolute Gasteiger partial charge is 0.480 e. The zero-order valence-corrected chi connectivity index (χ0v) is 19.1. The maximum Gasteiger partial charge on any atom is 0.327 e. The van der Waals surface area contributed by atoms with E-state index in [1.165, 1.54) is 6.92 Å². The van der Waals surface area contributed by atoms with Crippen LogP contribution in [0.2, 0.25) is 0 Å². The molecule has 0 aromatic rings. The Morgan fingerprint density at radius 3 is 1.84 bits per heavy atom. The van der Waals surface area contributed by atoms with Crippen molar-refractivity contribution in [2.45, 2.75) is 63.2 Å². The van der Waals surface area contributed by atoms with Crippen molar-refractivity contribution >= 4 is 42.3 Å². The van der Waals surface area contributed by atoms with E-state index in [2.05, 4.69) is 33.6 Å². The highest BCUT2D eigenvalue weighted by Crippen LogP contribution is 2.05. The van der Waals surface area contributed by atoms with E-state index in [-0.39, 0.29) is 31.1 Å². The van der Waals surface area contributed by atoms with E-state index >= 15 is 0 Å². The van der Waals surface area contributed by atoms with Crippen molar-refractivity contribution in [3.63, 3.8) is 0 Å². The van der Waals surface area contributed by atoms with E-state index in [4.69, 9.17) is 28.0 Å². The quantitative estimate of drug-likeness (QED) is 0.0476. The molecule has 32 heavy (non-hydrogen) atoms. The number of nitrogens with zero attached hydrogens (tertiary/aromatic N) is 1. The van der Waals surface area contributed by atoms with Crippen LogP contribution >= 0.6 is 12.6 Å². The Bertz CT molecular complexity index is 657. The summed E-state index contributed by atoms with van der Waals surface area (Å²) < 4.78 is 0. The number of hydrogen-bond donors (Lipinski definition) is 9. The van der Waals surface area contributed by atoms with Crippen LogP contribution in [0.5, 0.6) is 0 Å². The van der Waals surface area contributed by atoms with Gasteiger partial charge in [-0.05, 0) is 45.6 Å². The Balaban J connectivity index is 5.40. The molecule has 0 bridgehead atoms. The smallest absolute Gasteiger partial charge is 0.327 e. The number of carboxylic acids is 1. The molecule has 0 rings (SSSR count). The molecule has 0 spiro atoms. The molecule has 0 saturated carbocycles. The first-order chi connectivity index (χ1) is 15.0. The second kappa shape index (κ2) is 16.1. The molecule has 0 aliphatic heterocycles. The molecule has 0 saturated heterocycles. The van der Waals surface area contributed by atoms with Crippen LogP contribution in [-0.4, -0.2) is 77.8 Å². The molecule has 3 amide bonds. The fourth-order valence-corrected chi connectivity index (χ4v) is 2.81. The van der Waals surface area contributed by atoms with Gasteiger partial charge in [-0.2, -0.15) is 12.6 Å². The summed E-state index contributed by atoms with van der Waals surface area (Å²) in [5.41, 5.74) is 21.6. The maximum absolute atomic E-state index is 12.9.